The predicted molar refractivity (Wildman–Crippen MR) is 82.0 cm³/mol. The maximum Gasteiger partial charge on any atom is 0.224 e. The maximum atomic E-state index is 12.2. The van der Waals surface area contributed by atoms with Gasteiger partial charge in [0, 0.05) is 12.5 Å². The molecule has 1 aliphatic carbocycles. The summed E-state index contributed by atoms with van der Waals surface area (Å²) in [7, 11) is 0. The standard InChI is InChI=1S/C18H19NO2/c1-12-5-2-3-8-15(12)16-10-17(16)18(21)19-11-13-6-4-7-14(20)9-13/h2-9,16-17,20H,10-11H2,1H3,(H,19,21)/t16-,17+/m0/s1. The molecule has 0 aromatic heterocycles. The fourth-order valence-electron chi connectivity index (χ4n) is 2.82. The van der Waals surface area contributed by atoms with Crippen molar-refractivity contribution in [3.63, 3.8) is 0 Å². The zero-order chi connectivity index (χ0) is 14.8. The topological polar surface area (TPSA) is 49.3 Å². The molecular weight excluding hydrogens is 262 g/mol. The Kier molecular flexibility index (Phi) is 3.65. The lowest BCUT2D eigenvalue weighted by atomic mass is 10.0. The number of carbonyl (C=O) groups is 1. The van der Waals surface area contributed by atoms with Crippen LogP contribution in [0.2, 0.25) is 0 Å². The van der Waals surface area contributed by atoms with E-state index in [1.807, 2.05) is 18.2 Å². The van der Waals surface area contributed by atoms with Crippen molar-refractivity contribution in [1.29, 1.82) is 0 Å². The van der Waals surface area contributed by atoms with Crippen molar-refractivity contribution in [3.05, 3.63) is 65.2 Å². The van der Waals surface area contributed by atoms with Gasteiger partial charge >= 0.3 is 0 Å². The molecule has 1 aliphatic rings. The summed E-state index contributed by atoms with van der Waals surface area (Å²) in [4.78, 5) is 12.2. The van der Waals surface area contributed by atoms with Gasteiger partial charge in [0.1, 0.15) is 5.75 Å². The summed E-state index contributed by atoms with van der Waals surface area (Å²) in [6.45, 7) is 2.56. The molecule has 1 saturated carbocycles. The maximum absolute atomic E-state index is 12.2. The van der Waals surface area contributed by atoms with Crippen LogP contribution in [0, 0.1) is 12.8 Å². The number of hydrogen-bond acceptors (Lipinski definition) is 2. The van der Waals surface area contributed by atoms with E-state index in [1.165, 1.54) is 11.1 Å². The Labute approximate surface area is 124 Å². The van der Waals surface area contributed by atoms with Crippen molar-refractivity contribution < 1.29 is 9.90 Å². The van der Waals surface area contributed by atoms with Gasteiger partial charge in [0.15, 0.2) is 0 Å². The summed E-state index contributed by atoms with van der Waals surface area (Å²) in [6.07, 6.45) is 0.927. The summed E-state index contributed by atoms with van der Waals surface area (Å²) in [5.41, 5.74) is 3.46. The van der Waals surface area contributed by atoms with Gasteiger partial charge in [-0.05, 0) is 48.1 Å². The third kappa shape index (κ3) is 3.07. The zero-order valence-corrected chi connectivity index (χ0v) is 12.0. The number of amides is 1. The number of benzene rings is 2. The first-order chi connectivity index (χ1) is 10.1. The Balaban J connectivity index is 1.57. The van der Waals surface area contributed by atoms with E-state index < -0.39 is 0 Å². The average Bonchev–Trinajstić information content (AvgIpc) is 3.26. The second-order valence-corrected chi connectivity index (χ2v) is 5.69. The molecule has 2 atom stereocenters. The number of aryl methyl sites for hydroxylation is 1. The van der Waals surface area contributed by atoms with Crippen molar-refractivity contribution >= 4 is 5.91 Å². The summed E-state index contributed by atoms with van der Waals surface area (Å²) in [5.74, 6) is 0.774. The molecule has 0 aliphatic heterocycles. The second-order valence-electron chi connectivity index (χ2n) is 5.69. The van der Waals surface area contributed by atoms with Gasteiger partial charge in [-0.15, -0.1) is 0 Å². The van der Waals surface area contributed by atoms with Crippen molar-refractivity contribution in [1.82, 2.24) is 5.32 Å². The van der Waals surface area contributed by atoms with E-state index in [9.17, 15) is 9.90 Å². The number of phenols is 1. The van der Waals surface area contributed by atoms with Crippen molar-refractivity contribution in [3.8, 4) is 5.75 Å². The third-order valence-electron chi connectivity index (χ3n) is 4.09. The van der Waals surface area contributed by atoms with Crippen molar-refractivity contribution in [2.24, 2.45) is 5.92 Å². The minimum atomic E-state index is 0.0865. The smallest absolute Gasteiger partial charge is 0.224 e. The van der Waals surface area contributed by atoms with Gasteiger partial charge in [0.2, 0.25) is 5.91 Å². The quantitative estimate of drug-likeness (QED) is 0.904. The fourth-order valence-corrected chi connectivity index (χ4v) is 2.82. The van der Waals surface area contributed by atoms with E-state index in [-0.39, 0.29) is 17.6 Å². The van der Waals surface area contributed by atoms with Gasteiger partial charge in [-0.3, -0.25) is 4.79 Å². The lowest BCUT2D eigenvalue weighted by Crippen LogP contribution is -2.24. The zero-order valence-electron chi connectivity index (χ0n) is 12.0. The van der Waals surface area contributed by atoms with E-state index in [0.29, 0.717) is 12.5 Å². The molecule has 0 heterocycles. The van der Waals surface area contributed by atoms with E-state index in [2.05, 4.69) is 24.4 Å². The molecule has 1 amide bonds. The van der Waals surface area contributed by atoms with E-state index in [0.717, 1.165) is 12.0 Å². The molecule has 2 aromatic rings. The summed E-state index contributed by atoms with van der Waals surface area (Å²) in [6, 6.07) is 15.2. The number of phenolic OH excluding ortho intramolecular Hbond substituents is 1. The molecule has 1 fully saturated rings. The average molecular weight is 281 g/mol. The summed E-state index contributed by atoms with van der Waals surface area (Å²) in [5, 5.41) is 12.4. The molecule has 0 unspecified atom stereocenters. The molecule has 3 nitrogen and oxygen atoms in total. The molecule has 0 spiro atoms. The first-order valence-corrected chi connectivity index (χ1v) is 7.26. The second kappa shape index (κ2) is 5.60. The minimum Gasteiger partial charge on any atom is -0.508 e. The largest absolute Gasteiger partial charge is 0.508 e. The van der Waals surface area contributed by atoms with Gasteiger partial charge in [-0.25, -0.2) is 0 Å². The van der Waals surface area contributed by atoms with Crippen molar-refractivity contribution in [2.45, 2.75) is 25.8 Å². The Bertz CT molecular complexity index is 666. The molecule has 21 heavy (non-hydrogen) atoms. The molecule has 0 saturated heterocycles. The van der Waals surface area contributed by atoms with Crippen molar-refractivity contribution in [2.75, 3.05) is 0 Å². The molecule has 2 N–H and O–H groups in total. The molecular formula is C18H19NO2. The molecule has 0 bridgehead atoms. The van der Waals surface area contributed by atoms with E-state index in [4.69, 9.17) is 0 Å². The Morgan fingerprint density at radius 3 is 2.81 bits per heavy atom. The first-order valence-electron chi connectivity index (χ1n) is 7.26. The van der Waals surface area contributed by atoms with Crippen LogP contribution in [0.3, 0.4) is 0 Å². The molecule has 0 radical (unpaired) electrons. The fraction of sp³-hybridized carbons (Fsp3) is 0.278. The SMILES string of the molecule is Cc1ccccc1[C@@H]1C[C@H]1C(=O)NCc1cccc(O)c1. The number of aromatic hydroxyl groups is 1. The highest BCUT2D eigenvalue weighted by molar-refractivity contribution is 5.83. The van der Waals surface area contributed by atoms with Gasteiger partial charge in [-0.2, -0.15) is 0 Å². The van der Waals surface area contributed by atoms with E-state index >= 15 is 0 Å². The number of hydrogen-bond donors (Lipinski definition) is 2. The van der Waals surface area contributed by atoms with Crippen LogP contribution >= 0.6 is 0 Å². The van der Waals surface area contributed by atoms with Gasteiger partial charge in [0.25, 0.3) is 0 Å². The first kappa shape index (κ1) is 13.7. The Hall–Kier alpha value is -2.29. The molecule has 3 heteroatoms. The third-order valence-corrected chi connectivity index (χ3v) is 4.09. The highest BCUT2D eigenvalue weighted by Gasteiger charge is 2.44. The summed E-state index contributed by atoms with van der Waals surface area (Å²) >= 11 is 0. The minimum absolute atomic E-state index is 0.0865. The normalized spacial score (nSPS) is 20.0. The van der Waals surface area contributed by atoms with Crippen LogP contribution in [0.4, 0.5) is 0 Å². The number of carbonyl (C=O) groups excluding carboxylic acids is 1. The van der Waals surface area contributed by atoms with Gasteiger partial charge < -0.3 is 10.4 Å². The Morgan fingerprint density at radius 2 is 2.05 bits per heavy atom. The van der Waals surface area contributed by atoms with E-state index in [1.54, 1.807) is 18.2 Å². The van der Waals surface area contributed by atoms with Gasteiger partial charge in [0.05, 0.1) is 0 Å². The van der Waals surface area contributed by atoms with Crippen LogP contribution < -0.4 is 5.32 Å². The van der Waals surface area contributed by atoms with Gasteiger partial charge in [-0.1, -0.05) is 36.4 Å². The highest BCUT2D eigenvalue weighted by Crippen LogP contribution is 2.48. The highest BCUT2D eigenvalue weighted by atomic mass is 16.3. The monoisotopic (exact) mass is 281 g/mol. The van der Waals surface area contributed by atoms with Crippen LogP contribution in [0.1, 0.15) is 29.0 Å². The summed E-state index contributed by atoms with van der Waals surface area (Å²) < 4.78 is 0. The number of nitrogens with one attached hydrogen (secondary N) is 1. The number of rotatable bonds is 4. The molecule has 108 valence electrons. The predicted octanol–water partition coefficient (Wildman–Crippen LogP) is 3.12. The van der Waals surface area contributed by atoms with Crippen LogP contribution in [0.5, 0.6) is 5.75 Å². The van der Waals surface area contributed by atoms with Crippen LogP contribution in [-0.4, -0.2) is 11.0 Å². The van der Waals surface area contributed by atoms with Crippen LogP contribution in [-0.2, 0) is 11.3 Å². The molecule has 3 rings (SSSR count). The lowest BCUT2D eigenvalue weighted by molar-refractivity contribution is -0.122. The lowest BCUT2D eigenvalue weighted by Gasteiger charge is -2.07. The van der Waals surface area contributed by atoms with Crippen LogP contribution in [0.25, 0.3) is 0 Å². The van der Waals surface area contributed by atoms with Crippen LogP contribution in [0.15, 0.2) is 48.5 Å². The Morgan fingerprint density at radius 1 is 1.24 bits per heavy atom. The molecule has 2 aromatic carbocycles.